The smallest absolute Gasteiger partial charge is 0.269 e. The molecule has 0 aliphatic carbocycles. The third kappa shape index (κ3) is 3.42. The molecule has 0 aliphatic heterocycles. The van der Waals surface area contributed by atoms with Gasteiger partial charge in [-0.2, -0.15) is 5.10 Å². The van der Waals surface area contributed by atoms with Crippen molar-refractivity contribution in [3.05, 3.63) is 52.4 Å². The molecule has 2 heterocycles. The minimum Gasteiger partial charge on any atom is -0.350 e. The van der Waals surface area contributed by atoms with Crippen LogP contribution in [0, 0.1) is 19.8 Å². The molecule has 1 aromatic carbocycles. The van der Waals surface area contributed by atoms with E-state index in [9.17, 15) is 4.79 Å². The number of carbonyl (C=O) groups is 1. The average molecular weight is 359 g/mol. The predicted molar refractivity (Wildman–Crippen MR) is 101 cm³/mol. The van der Waals surface area contributed by atoms with Crippen molar-refractivity contribution in [3.63, 3.8) is 0 Å². The summed E-state index contributed by atoms with van der Waals surface area (Å²) in [7, 11) is 1.86. The monoisotopic (exact) mass is 358 g/mol. The Balaban J connectivity index is 1.70. The van der Waals surface area contributed by atoms with Gasteiger partial charge in [-0.1, -0.05) is 36.7 Å². The Morgan fingerprint density at radius 1 is 1.32 bits per heavy atom. The van der Waals surface area contributed by atoms with E-state index in [-0.39, 0.29) is 11.8 Å². The standard InChI is InChI=1S/C19H23ClN4O/c1-12(11-24-14(3)9-13(2)22-24)10-21-19(25)18-17(20)15-7-5-6-8-16(15)23(18)4/h5-9,12H,10-11H2,1-4H3,(H,21,25)/t12-/m0/s1. The summed E-state index contributed by atoms with van der Waals surface area (Å²) in [6, 6.07) is 9.81. The van der Waals surface area contributed by atoms with Crippen LogP contribution >= 0.6 is 11.6 Å². The van der Waals surface area contributed by atoms with Gasteiger partial charge in [0.05, 0.1) is 10.7 Å². The molecule has 0 unspecified atom stereocenters. The summed E-state index contributed by atoms with van der Waals surface area (Å²) in [5.74, 6) is 0.110. The molecule has 0 fully saturated rings. The lowest BCUT2D eigenvalue weighted by Gasteiger charge is -2.14. The number of para-hydroxylation sites is 1. The lowest BCUT2D eigenvalue weighted by Crippen LogP contribution is -2.31. The van der Waals surface area contributed by atoms with Crippen molar-refractivity contribution in [3.8, 4) is 0 Å². The molecule has 0 saturated carbocycles. The zero-order valence-electron chi connectivity index (χ0n) is 15.0. The van der Waals surface area contributed by atoms with E-state index in [1.54, 1.807) is 0 Å². The number of aromatic nitrogens is 3. The van der Waals surface area contributed by atoms with Crippen LogP contribution in [0.25, 0.3) is 10.9 Å². The lowest BCUT2D eigenvalue weighted by atomic mass is 10.2. The van der Waals surface area contributed by atoms with E-state index in [4.69, 9.17) is 11.6 Å². The molecule has 132 valence electrons. The molecule has 1 amide bonds. The average Bonchev–Trinajstić information content (AvgIpc) is 3.02. The third-order valence-electron chi connectivity index (χ3n) is 4.46. The van der Waals surface area contributed by atoms with Crippen molar-refractivity contribution in [2.75, 3.05) is 6.54 Å². The Morgan fingerprint density at radius 3 is 2.68 bits per heavy atom. The second-order valence-corrected chi connectivity index (χ2v) is 7.04. The van der Waals surface area contributed by atoms with Crippen LogP contribution in [0.15, 0.2) is 30.3 Å². The fourth-order valence-electron chi connectivity index (χ4n) is 3.17. The Hall–Kier alpha value is -2.27. The van der Waals surface area contributed by atoms with Crippen LogP contribution in [0.5, 0.6) is 0 Å². The zero-order valence-corrected chi connectivity index (χ0v) is 15.8. The molecule has 3 aromatic rings. The molecule has 0 spiro atoms. The van der Waals surface area contributed by atoms with Crippen LogP contribution in [0.1, 0.15) is 28.8 Å². The molecule has 3 rings (SSSR count). The highest BCUT2D eigenvalue weighted by Crippen LogP contribution is 2.29. The number of hydrogen-bond acceptors (Lipinski definition) is 2. The molecule has 25 heavy (non-hydrogen) atoms. The molecule has 0 saturated heterocycles. The van der Waals surface area contributed by atoms with Crippen LogP contribution in [-0.2, 0) is 13.6 Å². The number of hydrogen-bond donors (Lipinski definition) is 1. The maximum Gasteiger partial charge on any atom is 0.269 e. The zero-order chi connectivity index (χ0) is 18.1. The van der Waals surface area contributed by atoms with Crippen LogP contribution in [0.3, 0.4) is 0 Å². The number of fused-ring (bicyclic) bond motifs is 1. The maximum absolute atomic E-state index is 12.6. The number of halogens is 1. The SMILES string of the molecule is Cc1cc(C)n(C[C@@H](C)CNC(=O)c2c(Cl)c3ccccc3n2C)n1. The van der Waals surface area contributed by atoms with Crippen molar-refractivity contribution in [1.82, 2.24) is 19.7 Å². The summed E-state index contributed by atoms with van der Waals surface area (Å²) in [5, 5.41) is 8.87. The summed E-state index contributed by atoms with van der Waals surface area (Å²) in [6.07, 6.45) is 0. The number of aryl methyl sites for hydroxylation is 3. The van der Waals surface area contributed by atoms with E-state index in [2.05, 4.69) is 23.4 Å². The first-order chi connectivity index (χ1) is 11.9. The fourth-order valence-corrected chi connectivity index (χ4v) is 3.54. The number of benzene rings is 1. The molecule has 5 nitrogen and oxygen atoms in total. The highest BCUT2D eigenvalue weighted by Gasteiger charge is 2.20. The van der Waals surface area contributed by atoms with Gasteiger partial charge >= 0.3 is 0 Å². The number of nitrogens with zero attached hydrogens (tertiary/aromatic N) is 3. The second kappa shape index (κ2) is 6.92. The molecule has 0 radical (unpaired) electrons. The van der Waals surface area contributed by atoms with Crippen molar-refractivity contribution in [1.29, 1.82) is 0 Å². The minimum atomic E-state index is -0.149. The van der Waals surface area contributed by atoms with Crippen LogP contribution < -0.4 is 5.32 Å². The molecular weight excluding hydrogens is 336 g/mol. The normalized spacial score (nSPS) is 12.5. The minimum absolute atomic E-state index is 0.149. The fraction of sp³-hybridized carbons (Fsp3) is 0.368. The van der Waals surface area contributed by atoms with Gasteiger partial charge in [-0.15, -0.1) is 0 Å². The van der Waals surface area contributed by atoms with Gasteiger partial charge in [-0.3, -0.25) is 9.48 Å². The summed E-state index contributed by atoms with van der Waals surface area (Å²) in [6.45, 7) is 7.45. The van der Waals surface area contributed by atoms with Crippen LogP contribution in [-0.4, -0.2) is 26.8 Å². The first-order valence-electron chi connectivity index (χ1n) is 8.40. The molecular formula is C19H23ClN4O. The van der Waals surface area contributed by atoms with Gasteiger partial charge in [0.25, 0.3) is 5.91 Å². The Kier molecular flexibility index (Phi) is 4.86. The van der Waals surface area contributed by atoms with E-state index in [1.807, 2.05) is 54.4 Å². The Bertz CT molecular complexity index is 886. The van der Waals surface area contributed by atoms with E-state index in [0.29, 0.717) is 17.3 Å². The molecule has 0 bridgehead atoms. The molecule has 0 aliphatic rings. The van der Waals surface area contributed by atoms with E-state index >= 15 is 0 Å². The van der Waals surface area contributed by atoms with E-state index in [1.165, 1.54) is 0 Å². The van der Waals surface area contributed by atoms with Crippen molar-refractivity contribution in [2.24, 2.45) is 13.0 Å². The van der Waals surface area contributed by atoms with Crippen LogP contribution in [0.4, 0.5) is 0 Å². The van der Waals surface area contributed by atoms with Gasteiger partial charge in [0, 0.05) is 36.7 Å². The summed E-state index contributed by atoms with van der Waals surface area (Å²) < 4.78 is 3.83. The first-order valence-corrected chi connectivity index (χ1v) is 8.78. The highest BCUT2D eigenvalue weighted by atomic mass is 35.5. The van der Waals surface area contributed by atoms with Gasteiger partial charge in [0.15, 0.2) is 0 Å². The quantitative estimate of drug-likeness (QED) is 0.755. The number of amides is 1. The lowest BCUT2D eigenvalue weighted by molar-refractivity contribution is 0.0939. The summed E-state index contributed by atoms with van der Waals surface area (Å²) in [4.78, 5) is 12.6. The van der Waals surface area contributed by atoms with E-state index in [0.717, 1.165) is 28.8 Å². The van der Waals surface area contributed by atoms with Crippen molar-refractivity contribution < 1.29 is 4.79 Å². The second-order valence-electron chi connectivity index (χ2n) is 6.66. The largest absolute Gasteiger partial charge is 0.350 e. The van der Waals surface area contributed by atoms with Gasteiger partial charge in [-0.25, -0.2) is 0 Å². The third-order valence-corrected chi connectivity index (χ3v) is 4.84. The number of nitrogens with one attached hydrogen (secondary N) is 1. The van der Waals surface area contributed by atoms with E-state index < -0.39 is 0 Å². The molecule has 2 aromatic heterocycles. The molecule has 1 N–H and O–H groups in total. The van der Waals surface area contributed by atoms with Gasteiger partial charge in [0.2, 0.25) is 0 Å². The predicted octanol–water partition coefficient (Wildman–Crippen LogP) is 3.71. The maximum atomic E-state index is 12.6. The van der Waals surface area contributed by atoms with Gasteiger partial charge in [-0.05, 0) is 31.9 Å². The van der Waals surface area contributed by atoms with Crippen molar-refractivity contribution >= 4 is 28.4 Å². The first kappa shape index (κ1) is 17.5. The van der Waals surface area contributed by atoms with Crippen LogP contribution in [0.2, 0.25) is 5.02 Å². The summed E-state index contributed by atoms with van der Waals surface area (Å²) >= 11 is 6.43. The molecule has 6 heteroatoms. The van der Waals surface area contributed by atoms with Gasteiger partial charge in [0.1, 0.15) is 5.69 Å². The summed E-state index contributed by atoms with van der Waals surface area (Å²) in [5.41, 5.74) is 3.60. The molecule has 1 atom stereocenters. The number of carbonyl (C=O) groups excluding carboxylic acids is 1. The Morgan fingerprint density at radius 2 is 2.04 bits per heavy atom. The van der Waals surface area contributed by atoms with Gasteiger partial charge < -0.3 is 9.88 Å². The van der Waals surface area contributed by atoms with Crippen molar-refractivity contribution in [2.45, 2.75) is 27.3 Å². The highest BCUT2D eigenvalue weighted by molar-refractivity contribution is 6.38. The topological polar surface area (TPSA) is 51.9 Å². The Labute approximate surface area is 152 Å². The number of rotatable bonds is 5.